The monoisotopic (exact) mass is 889 g/mol. The van der Waals surface area contributed by atoms with E-state index in [0.29, 0.717) is 11.1 Å². The van der Waals surface area contributed by atoms with Gasteiger partial charge in [0.25, 0.3) is 0 Å². The second kappa shape index (κ2) is 24.8. The Labute approximate surface area is 363 Å². The number of carbonyl (C=O) groups excluding carboxylic acids is 6. The summed E-state index contributed by atoms with van der Waals surface area (Å²) in [6, 6.07) is 6.50. The molecule has 1 saturated heterocycles. The Bertz CT molecular complexity index is 1850. The lowest BCUT2D eigenvalue weighted by Crippen LogP contribution is -2.65. The molecule has 22 nitrogen and oxygen atoms in total. The van der Waals surface area contributed by atoms with E-state index in [4.69, 9.17) is 15.2 Å². The Morgan fingerprint density at radius 3 is 1.92 bits per heavy atom. The Balaban J connectivity index is 1.60. The normalized spacial score (nSPS) is 21.3. The molecule has 2 aromatic carbocycles. The SMILES string of the molecule is CC(=O)N[C@H]1[C@H](Oc2ccc(C[C@H](N)C(=O)N[C@H](CO)C(=O)NCC(=O)N[C@@H](Cc3ccccc3)C(=O)N[C@@H](CC(C)C)C(=O)N[C@H](C(=O)O)[C@@H](C)O)cc2)O[C@H](CO)[C@@H](O)[C@@H]1O. The number of aliphatic hydroxyl groups is 5. The summed E-state index contributed by atoms with van der Waals surface area (Å²) in [4.78, 5) is 89.2. The first-order valence-corrected chi connectivity index (χ1v) is 20.2. The number of benzene rings is 2. The van der Waals surface area contributed by atoms with Crippen LogP contribution in [0.1, 0.15) is 45.2 Å². The van der Waals surface area contributed by atoms with Crippen LogP contribution < -0.4 is 42.4 Å². The van der Waals surface area contributed by atoms with Crippen molar-refractivity contribution in [3.8, 4) is 5.75 Å². The van der Waals surface area contributed by atoms with Gasteiger partial charge in [-0.25, -0.2) is 4.79 Å². The molecule has 1 fully saturated rings. The summed E-state index contributed by atoms with van der Waals surface area (Å²) in [5.74, 6) is -6.26. The van der Waals surface area contributed by atoms with Crippen molar-refractivity contribution in [3.05, 3.63) is 65.7 Å². The van der Waals surface area contributed by atoms with E-state index in [1.54, 1.807) is 56.3 Å². The van der Waals surface area contributed by atoms with E-state index in [2.05, 4.69) is 31.9 Å². The minimum Gasteiger partial charge on any atom is -0.480 e. The second-order valence-corrected chi connectivity index (χ2v) is 15.5. The highest BCUT2D eigenvalue weighted by molar-refractivity contribution is 5.95. The zero-order valence-electron chi connectivity index (χ0n) is 35.3. The number of carbonyl (C=O) groups is 7. The molecule has 0 radical (unpaired) electrons. The van der Waals surface area contributed by atoms with Crippen LogP contribution >= 0.6 is 0 Å². The molecular weight excluding hydrogens is 830 g/mol. The molecule has 1 aliphatic heterocycles. The number of hydrogen-bond donors (Lipinski definition) is 13. The second-order valence-electron chi connectivity index (χ2n) is 15.5. The van der Waals surface area contributed by atoms with Crippen LogP contribution in [-0.4, -0.2) is 159 Å². The van der Waals surface area contributed by atoms with E-state index in [-0.39, 0.29) is 30.9 Å². The van der Waals surface area contributed by atoms with Crippen molar-refractivity contribution in [2.75, 3.05) is 19.8 Å². The number of amides is 6. The first kappa shape index (κ1) is 51.6. The highest BCUT2D eigenvalue weighted by atomic mass is 16.7. The number of carboxylic acids is 1. The molecule has 11 atom stereocenters. The molecule has 1 heterocycles. The van der Waals surface area contributed by atoms with Gasteiger partial charge < -0.3 is 77.7 Å². The van der Waals surface area contributed by atoms with Gasteiger partial charge in [0.2, 0.25) is 41.7 Å². The van der Waals surface area contributed by atoms with Gasteiger partial charge in [-0.05, 0) is 48.9 Å². The third kappa shape index (κ3) is 16.1. The third-order valence-electron chi connectivity index (χ3n) is 9.78. The summed E-state index contributed by atoms with van der Waals surface area (Å²) in [6.45, 7) is 3.71. The van der Waals surface area contributed by atoms with Crippen LogP contribution in [0.25, 0.3) is 0 Å². The van der Waals surface area contributed by atoms with Crippen molar-refractivity contribution in [1.82, 2.24) is 31.9 Å². The third-order valence-corrected chi connectivity index (χ3v) is 9.78. The number of nitrogens with one attached hydrogen (secondary N) is 6. The van der Waals surface area contributed by atoms with Crippen molar-refractivity contribution in [2.24, 2.45) is 11.7 Å². The van der Waals surface area contributed by atoms with E-state index in [1.165, 1.54) is 26.0 Å². The maximum atomic E-state index is 13.6. The summed E-state index contributed by atoms with van der Waals surface area (Å²) in [7, 11) is 0. The average molecular weight is 890 g/mol. The molecule has 2 aromatic rings. The van der Waals surface area contributed by atoms with Gasteiger partial charge in [-0.2, -0.15) is 0 Å². The molecule has 0 aromatic heterocycles. The zero-order valence-corrected chi connectivity index (χ0v) is 35.3. The lowest BCUT2D eigenvalue weighted by molar-refractivity contribution is -0.244. The van der Waals surface area contributed by atoms with E-state index < -0.39 is 128 Å². The highest BCUT2D eigenvalue weighted by Gasteiger charge is 2.46. The molecule has 6 amide bonds. The first-order valence-electron chi connectivity index (χ1n) is 20.2. The van der Waals surface area contributed by atoms with Crippen molar-refractivity contribution in [2.45, 2.75) is 114 Å². The Morgan fingerprint density at radius 2 is 1.37 bits per heavy atom. The lowest BCUT2D eigenvalue weighted by atomic mass is 9.97. The molecule has 348 valence electrons. The Kier molecular flexibility index (Phi) is 20.3. The van der Waals surface area contributed by atoms with Crippen molar-refractivity contribution in [1.29, 1.82) is 0 Å². The summed E-state index contributed by atoms with van der Waals surface area (Å²) in [5.41, 5.74) is 7.27. The first-order chi connectivity index (χ1) is 29.7. The van der Waals surface area contributed by atoms with Gasteiger partial charge in [-0.15, -0.1) is 0 Å². The fourth-order valence-electron chi connectivity index (χ4n) is 6.44. The maximum absolute atomic E-state index is 13.6. The number of rotatable bonds is 23. The molecule has 22 heteroatoms. The number of aliphatic carboxylic acids is 1. The van der Waals surface area contributed by atoms with Crippen LogP contribution in [0.15, 0.2) is 54.6 Å². The average Bonchev–Trinajstić information content (AvgIpc) is 3.23. The summed E-state index contributed by atoms with van der Waals surface area (Å²) in [6.07, 6.45) is -6.97. The number of aliphatic hydroxyl groups excluding tert-OH is 5. The quantitative estimate of drug-likeness (QED) is 0.0502. The highest BCUT2D eigenvalue weighted by Crippen LogP contribution is 2.25. The molecule has 63 heavy (non-hydrogen) atoms. The molecule has 0 bridgehead atoms. The molecular formula is C41H59N7O15. The standard InChI is InChI=1S/C41H59N7O15/c1-20(2)14-27(39(59)48-32(21(3)51)40(60)61)46-38(58)28(16-23-8-6-5-7-9-23)45-31(53)17-43-37(57)29(18-49)47-36(56)26(42)15-24-10-12-25(13-11-24)62-41-33(44-22(4)52)35(55)34(54)30(19-50)63-41/h5-13,20-21,26-30,32-35,41,49-51,54-55H,14-19,42H2,1-4H3,(H,43,57)(H,44,52)(H,45,53)(H,46,58)(H,47,56)(H,48,59)(H,60,61)/t21-,26+,27+,28+,29-,30-,32+,33-,34-,35-,41-/m1/s1. The molecule has 0 spiro atoms. The summed E-state index contributed by atoms with van der Waals surface area (Å²) < 4.78 is 11.4. The van der Waals surface area contributed by atoms with Crippen LogP contribution in [0.2, 0.25) is 0 Å². The van der Waals surface area contributed by atoms with Gasteiger partial charge in [-0.1, -0.05) is 56.3 Å². The van der Waals surface area contributed by atoms with Gasteiger partial charge in [0.05, 0.1) is 31.9 Å². The fraction of sp³-hybridized carbons (Fsp3) is 0.537. The largest absolute Gasteiger partial charge is 0.480 e. The predicted octanol–water partition coefficient (Wildman–Crippen LogP) is -4.32. The Hall–Kier alpha value is -5.75. The smallest absolute Gasteiger partial charge is 0.328 e. The van der Waals surface area contributed by atoms with Crippen LogP contribution in [0.5, 0.6) is 5.75 Å². The lowest BCUT2D eigenvalue weighted by Gasteiger charge is -2.42. The number of ether oxygens (including phenoxy) is 2. The molecule has 0 unspecified atom stereocenters. The molecule has 1 aliphatic rings. The zero-order chi connectivity index (χ0) is 47.0. The van der Waals surface area contributed by atoms with Crippen LogP contribution in [0.4, 0.5) is 0 Å². The predicted molar refractivity (Wildman–Crippen MR) is 221 cm³/mol. The van der Waals surface area contributed by atoms with E-state index in [9.17, 15) is 64.2 Å². The molecule has 14 N–H and O–H groups in total. The van der Waals surface area contributed by atoms with Crippen LogP contribution in [0.3, 0.4) is 0 Å². The molecule has 3 rings (SSSR count). The van der Waals surface area contributed by atoms with Gasteiger partial charge >= 0.3 is 5.97 Å². The van der Waals surface area contributed by atoms with E-state index >= 15 is 0 Å². The van der Waals surface area contributed by atoms with Crippen molar-refractivity contribution in [3.63, 3.8) is 0 Å². The van der Waals surface area contributed by atoms with Crippen molar-refractivity contribution < 1.29 is 73.7 Å². The van der Waals surface area contributed by atoms with E-state index in [1.807, 2.05) is 0 Å². The Morgan fingerprint density at radius 1 is 0.762 bits per heavy atom. The topological polar surface area (TPSA) is 358 Å². The minimum absolute atomic E-state index is 0.0501. The molecule has 0 saturated carbocycles. The summed E-state index contributed by atoms with van der Waals surface area (Å²) >= 11 is 0. The van der Waals surface area contributed by atoms with Gasteiger partial charge in [-0.3, -0.25) is 28.8 Å². The number of nitrogens with two attached hydrogens (primary N) is 1. The number of hydrogen-bond acceptors (Lipinski definition) is 15. The van der Waals surface area contributed by atoms with Gasteiger partial charge in [0.15, 0.2) is 6.04 Å². The van der Waals surface area contributed by atoms with Crippen molar-refractivity contribution >= 4 is 41.4 Å². The van der Waals surface area contributed by atoms with E-state index in [0.717, 1.165) is 0 Å². The van der Waals surface area contributed by atoms with Crippen LogP contribution in [-0.2, 0) is 51.1 Å². The molecule has 0 aliphatic carbocycles. The maximum Gasteiger partial charge on any atom is 0.328 e. The van der Waals surface area contributed by atoms with Gasteiger partial charge in [0, 0.05) is 13.3 Å². The number of carboxylic acid groups (broad SMARTS) is 1. The summed E-state index contributed by atoms with van der Waals surface area (Å²) in [5, 5.41) is 73.9. The van der Waals surface area contributed by atoms with Crippen LogP contribution in [0, 0.1) is 5.92 Å². The van der Waals surface area contributed by atoms with Gasteiger partial charge in [0.1, 0.15) is 48.2 Å². The fourth-order valence-corrected chi connectivity index (χ4v) is 6.44. The minimum atomic E-state index is -1.65.